The summed E-state index contributed by atoms with van der Waals surface area (Å²) in [7, 11) is 0. The van der Waals surface area contributed by atoms with Crippen LogP contribution in [0.3, 0.4) is 0 Å². The molecule has 1 saturated heterocycles. The number of nitrogens with zero attached hydrogens (tertiary/aromatic N) is 2. The first-order valence-electron chi connectivity index (χ1n) is 7.68. The van der Waals surface area contributed by atoms with E-state index >= 15 is 0 Å². The Labute approximate surface area is 143 Å². The molecule has 0 radical (unpaired) electrons. The van der Waals surface area contributed by atoms with Crippen LogP contribution in [-0.2, 0) is 16.9 Å². The molecule has 25 heavy (non-hydrogen) atoms. The highest BCUT2D eigenvalue weighted by atomic mass is 16.6. The van der Waals surface area contributed by atoms with Crippen LogP contribution in [-0.4, -0.2) is 21.8 Å². The number of imide groups is 1. The summed E-state index contributed by atoms with van der Waals surface area (Å²) in [5, 5.41) is 13.8. The Morgan fingerprint density at radius 3 is 2.56 bits per heavy atom. The van der Waals surface area contributed by atoms with Crippen molar-refractivity contribution in [3.05, 3.63) is 63.1 Å². The number of furan rings is 1. The molecule has 1 aliphatic heterocycles. The van der Waals surface area contributed by atoms with E-state index in [1.807, 2.05) is 0 Å². The minimum absolute atomic E-state index is 0.132. The lowest BCUT2D eigenvalue weighted by Gasteiger charge is -2.21. The highest BCUT2D eigenvalue weighted by molar-refractivity contribution is 6.07. The molecule has 0 spiro atoms. The molecule has 0 unspecified atom stereocenters. The van der Waals surface area contributed by atoms with Crippen LogP contribution in [0.2, 0.25) is 0 Å². The van der Waals surface area contributed by atoms with Crippen molar-refractivity contribution in [1.29, 1.82) is 0 Å². The molecule has 8 heteroatoms. The number of hydrogen-bond donors (Lipinski definition) is 1. The molecule has 1 aromatic carbocycles. The number of para-hydroxylation sites is 1. The van der Waals surface area contributed by atoms with Crippen LogP contribution in [0.15, 0.2) is 34.7 Å². The van der Waals surface area contributed by atoms with Gasteiger partial charge in [-0.3, -0.25) is 19.8 Å². The Morgan fingerprint density at radius 2 is 1.96 bits per heavy atom. The van der Waals surface area contributed by atoms with Crippen molar-refractivity contribution in [2.75, 3.05) is 0 Å². The van der Waals surface area contributed by atoms with Gasteiger partial charge in [-0.15, -0.1) is 0 Å². The van der Waals surface area contributed by atoms with Crippen molar-refractivity contribution in [2.45, 2.75) is 32.9 Å². The van der Waals surface area contributed by atoms with E-state index in [9.17, 15) is 19.7 Å². The number of benzene rings is 1. The average Bonchev–Trinajstić information content (AvgIpc) is 3.00. The Morgan fingerprint density at radius 1 is 1.28 bits per heavy atom. The summed E-state index contributed by atoms with van der Waals surface area (Å²) in [5.74, 6) is 0.702. The maximum absolute atomic E-state index is 12.9. The number of aryl methyl sites for hydroxylation is 2. The van der Waals surface area contributed by atoms with Crippen LogP contribution in [0.5, 0.6) is 0 Å². The predicted octanol–water partition coefficient (Wildman–Crippen LogP) is 2.77. The summed E-state index contributed by atoms with van der Waals surface area (Å²) in [6.07, 6.45) is 0. The first-order valence-corrected chi connectivity index (χ1v) is 7.68. The molecule has 0 bridgehead atoms. The molecule has 130 valence electrons. The topological polar surface area (TPSA) is 106 Å². The van der Waals surface area contributed by atoms with Crippen molar-refractivity contribution < 1.29 is 18.9 Å². The standard InChI is InChI=1S/C17H17N3O5/c1-10-8-13(11(2)25-10)17(3)15(21)19(16(22)18-17)9-12-6-4-5-7-14(12)20(23)24/h4-8H,9H2,1-3H3,(H,18,22)/t17-/m0/s1. The smallest absolute Gasteiger partial charge is 0.325 e. The Balaban J connectivity index is 1.95. The molecule has 1 fully saturated rings. The SMILES string of the molecule is Cc1cc([C@]2(C)NC(=O)N(Cc3ccccc3[N+](=O)[O-])C2=O)c(C)o1. The third-order valence-corrected chi connectivity index (χ3v) is 4.37. The van der Waals surface area contributed by atoms with Gasteiger partial charge in [-0.25, -0.2) is 4.79 Å². The Kier molecular flexibility index (Phi) is 3.82. The van der Waals surface area contributed by atoms with Crippen LogP contribution < -0.4 is 5.32 Å². The summed E-state index contributed by atoms with van der Waals surface area (Å²) in [5.41, 5.74) is -0.525. The van der Waals surface area contributed by atoms with Crippen molar-refractivity contribution in [1.82, 2.24) is 10.2 Å². The van der Waals surface area contributed by atoms with Crippen molar-refractivity contribution in [2.24, 2.45) is 0 Å². The number of rotatable bonds is 4. The van der Waals surface area contributed by atoms with E-state index in [4.69, 9.17) is 4.42 Å². The number of hydrogen-bond acceptors (Lipinski definition) is 5. The van der Waals surface area contributed by atoms with Crippen LogP contribution in [0.25, 0.3) is 0 Å². The first kappa shape index (κ1) is 16.7. The van der Waals surface area contributed by atoms with Crippen molar-refractivity contribution in [3.63, 3.8) is 0 Å². The molecule has 8 nitrogen and oxygen atoms in total. The highest BCUT2D eigenvalue weighted by Gasteiger charge is 2.50. The summed E-state index contributed by atoms with van der Waals surface area (Å²) < 4.78 is 5.47. The maximum atomic E-state index is 12.9. The van der Waals surface area contributed by atoms with Gasteiger partial charge in [0.2, 0.25) is 0 Å². The van der Waals surface area contributed by atoms with Gasteiger partial charge in [0, 0.05) is 17.2 Å². The lowest BCUT2D eigenvalue weighted by atomic mass is 9.92. The fourth-order valence-corrected chi connectivity index (χ4v) is 3.14. The van der Waals surface area contributed by atoms with E-state index in [1.165, 1.54) is 18.2 Å². The van der Waals surface area contributed by atoms with Crippen LogP contribution in [0, 0.1) is 24.0 Å². The van der Waals surface area contributed by atoms with E-state index in [0.29, 0.717) is 22.6 Å². The molecule has 0 saturated carbocycles. The molecule has 3 amide bonds. The van der Waals surface area contributed by atoms with Gasteiger partial charge in [-0.2, -0.15) is 0 Å². The monoisotopic (exact) mass is 343 g/mol. The summed E-state index contributed by atoms with van der Waals surface area (Å²) in [6, 6.07) is 7.16. The van der Waals surface area contributed by atoms with Crippen LogP contribution >= 0.6 is 0 Å². The van der Waals surface area contributed by atoms with Gasteiger partial charge in [0.15, 0.2) is 0 Å². The van der Waals surface area contributed by atoms with Gasteiger partial charge in [-0.05, 0) is 26.8 Å². The Hall–Kier alpha value is -3.16. The zero-order valence-electron chi connectivity index (χ0n) is 14.0. The number of nitrogens with one attached hydrogen (secondary N) is 1. The van der Waals surface area contributed by atoms with Gasteiger partial charge in [0.05, 0.1) is 11.5 Å². The minimum atomic E-state index is -1.26. The van der Waals surface area contributed by atoms with Gasteiger partial charge < -0.3 is 9.73 Å². The molecule has 3 rings (SSSR count). The first-order chi connectivity index (χ1) is 11.7. The number of nitro benzene ring substituents is 1. The van der Waals surface area contributed by atoms with Crippen molar-refractivity contribution in [3.8, 4) is 0 Å². The largest absolute Gasteiger partial charge is 0.466 e. The maximum Gasteiger partial charge on any atom is 0.325 e. The van der Waals surface area contributed by atoms with Crippen LogP contribution in [0.1, 0.15) is 29.6 Å². The number of carbonyl (C=O) groups excluding carboxylic acids is 2. The molecule has 2 aromatic rings. The highest BCUT2D eigenvalue weighted by Crippen LogP contribution is 2.34. The second kappa shape index (κ2) is 5.73. The summed E-state index contributed by atoms with van der Waals surface area (Å²) in [6.45, 7) is 4.90. The lowest BCUT2D eigenvalue weighted by molar-refractivity contribution is -0.385. The molecule has 1 aliphatic rings. The number of nitro groups is 1. The zero-order chi connectivity index (χ0) is 18.4. The van der Waals surface area contributed by atoms with E-state index < -0.39 is 22.4 Å². The van der Waals surface area contributed by atoms with Crippen LogP contribution in [0.4, 0.5) is 10.5 Å². The fourth-order valence-electron chi connectivity index (χ4n) is 3.14. The lowest BCUT2D eigenvalue weighted by Crippen LogP contribution is -2.41. The molecular weight excluding hydrogens is 326 g/mol. The quantitative estimate of drug-likeness (QED) is 0.522. The van der Waals surface area contributed by atoms with Gasteiger partial charge in [0.1, 0.15) is 17.1 Å². The average molecular weight is 343 g/mol. The second-order valence-electron chi connectivity index (χ2n) is 6.16. The fraction of sp³-hybridized carbons (Fsp3) is 0.294. The summed E-state index contributed by atoms with van der Waals surface area (Å²) in [4.78, 5) is 36.9. The van der Waals surface area contributed by atoms with E-state index in [1.54, 1.807) is 32.9 Å². The zero-order valence-corrected chi connectivity index (χ0v) is 14.0. The van der Waals surface area contributed by atoms with E-state index in [0.717, 1.165) is 4.90 Å². The molecule has 1 atom stereocenters. The Bertz CT molecular complexity index is 888. The molecule has 1 aromatic heterocycles. The van der Waals surface area contributed by atoms with Gasteiger partial charge in [-0.1, -0.05) is 18.2 Å². The second-order valence-corrected chi connectivity index (χ2v) is 6.16. The van der Waals surface area contributed by atoms with E-state index in [-0.39, 0.29) is 12.2 Å². The normalized spacial score (nSPS) is 20.0. The number of carbonyl (C=O) groups is 2. The third-order valence-electron chi connectivity index (χ3n) is 4.37. The molecule has 2 heterocycles. The predicted molar refractivity (Wildman–Crippen MR) is 87.7 cm³/mol. The number of amides is 3. The van der Waals surface area contributed by atoms with Gasteiger partial charge in [0.25, 0.3) is 11.6 Å². The molecular formula is C17H17N3O5. The molecule has 0 aliphatic carbocycles. The molecule has 1 N–H and O–H groups in total. The van der Waals surface area contributed by atoms with E-state index in [2.05, 4.69) is 5.32 Å². The van der Waals surface area contributed by atoms with Crippen molar-refractivity contribution >= 4 is 17.6 Å². The minimum Gasteiger partial charge on any atom is -0.466 e. The number of urea groups is 1. The third kappa shape index (κ3) is 2.65. The summed E-state index contributed by atoms with van der Waals surface area (Å²) >= 11 is 0. The van der Waals surface area contributed by atoms with Gasteiger partial charge >= 0.3 is 6.03 Å².